The number of hydrogen-bond acceptors (Lipinski definition) is 5. The lowest BCUT2D eigenvalue weighted by molar-refractivity contribution is -0.140. The van der Waals surface area contributed by atoms with Crippen molar-refractivity contribution < 1.29 is 18.7 Å². The maximum absolute atomic E-state index is 11.2. The summed E-state index contributed by atoms with van der Waals surface area (Å²) in [6.07, 6.45) is 0.596. The minimum atomic E-state index is -0.307. The quantitative estimate of drug-likeness (QED) is 0.793. The third-order valence-electron chi connectivity index (χ3n) is 2.82. The van der Waals surface area contributed by atoms with Crippen LogP contribution in [0.15, 0.2) is 28.7 Å². The van der Waals surface area contributed by atoms with Gasteiger partial charge in [-0.3, -0.25) is 4.79 Å². The summed E-state index contributed by atoms with van der Waals surface area (Å²) < 4.78 is 15.0. The highest BCUT2D eigenvalue weighted by Crippen LogP contribution is 2.28. The fourth-order valence-corrected chi connectivity index (χ4v) is 1.96. The highest BCUT2D eigenvalue weighted by atomic mass is 35.5. The number of aromatic nitrogens is 1. The van der Waals surface area contributed by atoms with Crippen LogP contribution in [0.2, 0.25) is 5.35 Å². The molecule has 0 aliphatic heterocycles. The first-order valence-corrected chi connectivity index (χ1v) is 6.38. The van der Waals surface area contributed by atoms with Crippen LogP contribution in [0.25, 0.3) is 11.3 Å². The molecule has 1 heterocycles. The van der Waals surface area contributed by atoms with Gasteiger partial charge in [0.2, 0.25) is 0 Å². The fraction of sp³-hybridized carbons (Fsp3) is 0.286. The molecule has 0 saturated heterocycles. The van der Waals surface area contributed by atoms with E-state index in [1.54, 1.807) is 7.11 Å². The first kappa shape index (κ1) is 14.4. The minimum absolute atomic E-state index is 0.0516. The van der Waals surface area contributed by atoms with Crippen molar-refractivity contribution in [3.63, 3.8) is 0 Å². The van der Waals surface area contributed by atoms with Crippen molar-refractivity contribution in [3.05, 3.63) is 35.4 Å². The fourth-order valence-electron chi connectivity index (χ4n) is 1.78. The Kier molecular flexibility index (Phi) is 4.63. The van der Waals surface area contributed by atoms with Crippen LogP contribution in [-0.2, 0) is 16.0 Å². The Morgan fingerprint density at radius 3 is 2.60 bits per heavy atom. The molecule has 0 saturated carbocycles. The third-order valence-corrected chi connectivity index (χ3v) is 2.98. The number of hydrogen-bond donors (Lipinski definition) is 0. The Labute approximate surface area is 121 Å². The molecule has 106 valence electrons. The highest BCUT2D eigenvalue weighted by Gasteiger charge is 2.15. The van der Waals surface area contributed by atoms with Crippen LogP contribution in [0.1, 0.15) is 12.2 Å². The molecule has 1 aromatic heterocycles. The van der Waals surface area contributed by atoms with Gasteiger partial charge in [-0.2, -0.15) is 4.98 Å². The van der Waals surface area contributed by atoms with E-state index in [4.69, 9.17) is 20.8 Å². The smallest absolute Gasteiger partial charge is 0.305 e. The number of esters is 1. The molecule has 1 aromatic carbocycles. The van der Waals surface area contributed by atoms with E-state index in [2.05, 4.69) is 9.72 Å². The predicted octanol–water partition coefficient (Wildman–Crippen LogP) is 3.11. The third kappa shape index (κ3) is 3.30. The van der Waals surface area contributed by atoms with Crippen LogP contribution in [-0.4, -0.2) is 25.2 Å². The molecule has 2 aromatic rings. The normalized spacial score (nSPS) is 10.3. The van der Waals surface area contributed by atoms with E-state index < -0.39 is 0 Å². The van der Waals surface area contributed by atoms with E-state index in [-0.39, 0.29) is 17.7 Å². The van der Waals surface area contributed by atoms with E-state index in [9.17, 15) is 4.79 Å². The average Bonchev–Trinajstić information content (AvgIpc) is 2.85. The standard InChI is InChI=1S/C14H14ClNO4/c1-18-10-5-3-9(4-6-10)13-11(20-14(15)16-13)7-8-12(17)19-2/h3-6H,7-8H2,1-2H3. The maximum atomic E-state index is 11.2. The van der Waals surface area contributed by atoms with Crippen LogP contribution in [0.3, 0.4) is 0 Å². The molecule has 0 radical (unpaired) electrons. The second-order valence-electron chi connectivity index (χ2n) is 4.04. The summed E-state index contributed by atoms with van der Waals surface area (Å²) in [5.41, 5.74) is 1.47. The van der Waals surface area contributed by atoms with Gasteiger partial charge >= 0.3 is 5.97 Å². The number of carbonyl (C=O) groups excluding carboxylic acids is 1. The van der Waals surface area contributed by atoms with Gasteiger partial charge in [0.05, 0.1) is 20.6 Å². The van der Waals surface area contributed by atoms with Crippen molar-refractivity contribution >= 4 is 17.6 Å². The Morgan fingerprint density at radius 1 is 1.30 bits per heavy atom. The zero-order chi connectivity index (χ0) is 14.5. The topological polar surface area (TPSA) is 61.6 Å². The number of oxazole rings is 1. The van der Waals surface area contributed by atoms with Gasteiger partial charge in [0, 0.05) is 12.0 Å². The number of nitrogens with zero attached hydrogens (tertiary/aromatic N) is 1. The highest BCUT2D eigenvalue weighted by molar-refractivity contribution is 6.27. The molecule has 0 amide bonds. The molecule has 0 spiro atoms. The van der Waals surface area contributed by atoms with Gasteiger partial charge in [-0.1, -0.05) is 0 Å². The van der Waals surface area contributed by atoms with Gasteiger partial charge in [-0.05, 0) is 35.9 Å². The maximum Gasteiger partial charge on any atom is 0.305 e. The summed E-state index contributed by atoms with van der Waals surface area (Å²) in [7, 11) is 2.95. The number of benzene rings is 1. The number of aryl methyl sites for hydroxylation is 1. The molecular formula is C14H14ClNO4. The molecular weight excluding hydrogens is 282 g/mol. The second-order valence-corrected chi connectivity index (χ2v) is 4.37. The SMILES string of the molecule is COC(=O)CCc1oc(Cl)nc1-c1ccc(OC)cc1. The van der Waals surface area contributed by atoms with E-state index in [0.717, 1.165) is 11.3 Å². The summed E-state index contributed by atoms with van der Waals surface area (Å²) in [4.78, 5) is 15.3. The zero-order valence-corrected chi connectivity index (χ0v) is 11.9. The molecule has 0 unspecified atom stereocenters. The first-order chi connectivity index (χ1) is 9.63. The lowest BCUT2D eigenvalue weighted by atomic mass is 10.1. The number of methoxy groups -OCH3 is 2. The zero-order valence-electron chi connectivity index (χ0n) is 11.2. The Bertz CT molecular complexity index is 592. The lowest BCUT2D eigenvalue weighted by Crippen LogP contribution is -2.02. The molecule has 0 bridgehead atoms. The summed E-state index contributed by atoms with van der Waals surface area (Å²) in [6.45, 7) is 0. The first-order valence-electron chi connectivity index (χ1n) is 6.00. The van der Waals surface area contributed by atoms with Crippen molar-refractivity contribution in [2.24, 2.45) is 0 Å². The summed E-state index contributed by atoms with van der Waals surface area (Å²) in [5.74, 6) is 1.00. The number of carbonyl (C=O) groups is 1. The molecule has 2 rings (SSSR count). The van der Waals surface area contributed by atoms with Crippen LogP contribution in [0, 0.1) is 0 Å². The van der Waals surface area contributed by atoms with Crippen molar-refractivity contribution in [1.29, 1.82) is 0 Å². The monoisotopic (exact) mass is 295 g/mol. The molecule has 0 atom stereocenters. The molecule has 20 heavy (non-hydrogen) atoms. The lowest BCUT2D eigenvalue weighted by Gasteiger charge is -2.03. The number of rotatable bonds is 5. The van der Waals surface area contributed by atoms with Gasteiger partial charge in [0.25, 0.3) is 5.35 Å². The molecule has 6 heteroatoms. The van der Waals surface area contributed by atoms with Crippen LogP contribution in [0.4, 0.5) is 0 Å². The number of ether oxygens (including phenoxy) is 2. The molecule has 0 fully saturated rings. The molecule has 0 N–H and O–H groups in total. The van der Waals surface area contributed by atoms with Gasteiger partial charge in [0.15, 0.2) is 0 Å². The second kappa shape index (κ2) is 6.43. The molecule has 0 aliphatic rings. The summed E-state index contributed by atoms with van der Waals surface area (Å²) >= 11 is 5.80. The van der Waals surface area contributed by atoms with Crippen molar-refractivity contribution in [2.75, 3.05) is 14.2 Å². The van der Waals surface area contributed by atoms with Gasteiger partial charge in [-0.15, -0.1) is 0 Å². The molecule has 0 aliphatic carbocycles. The Morgan fingerprint density at radius 2 is 2.00 bits per heavy atom. The van der Waals surface area contributed by atoms with E-state index in [1.165, 1.54) is 7.11 Å². The average molecular weight is 296 g/mol. The Balaban J connectivity index is 2.23. The number of halogens is 1. The summed E-state index contributed by atoms with van der Waals surface area (Å²) in [5, 5.41) is 0.0516. The van der Waals surface area contributed by atoms with Crippen LogP contribution in [0.5, 0.6) is 5.75 Å². The Hall–Kier alpha value is -2.01. The van der Waals surface area contributed by atoms with Gasteiger partial charge < -0.3 is 13.9 Å². The van der Waals surface area contributed by atoms with Crippen molar-refractivity contribution in [1.82, 2.24) is 4.98 Å². The predicted molar refractivity (Wildman–Crippen MR) is 73.8 cm³/mol. The van der Waals surface area contributed by atoms with E-state index in [0.29, 0.717) is 17.9 Å². The van der Waals surface area contributed by atoms with E-state index >= 15 is 0 Å². The van der Waals surface area contributed by atoms with Crippen LogP contribution >= 0.6 is 11.6 Å². The summed E-state index contributed by atoms with van der Waals surface area (Å²) in [6, 6.07) is 7.35. The van der Waals surface area contributed by atoms with E-state index in [1.807, 2.05) is 24.3 Å². The van der Waals surface area contributed by atoms with Crippen molar-refractivity contribution in [2.45, 2.75) is 12.8 Å². The van der Waals surface area contributed by atoms with Gasteiger partial charge in [-0.25, -0.2) is 0 Å². The largest absolute Gasteiger partial charge is 0.497 e. The van der Waals surface area contributed by atoms with Crippen LogP contribution < -0.4 is 4.74 Å². The van der Waals surface area contributed by atoms with Crippen molar-refractivity contribution in [3.8, 4) is 17.0 Å². The minimum Gasteiger partial charge on any atom is -0.497 e. The molecule has 5 nitrogen and oxygen atoms in total. The van der Waals surface area contributed by atoms with Gasteiger partial charge in [0.1, 0.15) is 17.2 Å².